The van der Waals surface area contributed by atoms with E-state index in [4.69, 9.17) is 21.4 Å². The monoisotopic (exact) mass is 589 g/mol. The molecular weight excluding hydrogens is 570 g/mol. The van der Waals surface area contributed by atoms with Gasteiger partial charge in [0, 0.05) is 40.3 Å². The van der Waals surface area contributed by atoms with Gasteiger partial charge in [-0.2, -0.15) is 5.10 Å². The van der Waals surface area contributed by atoms with E-state index < -0.39 is 12.3 Å². The van der Waals surface area contributed by atoms with Crippen molar-refractivity contribution in [1.82, 2.24) is 19.7 Å². The van der Waals surface area contributed by atoms with Crippen LogP contribution in [0.4, 0.5) is 0 Å². The molecule has 0 N–H and O–H groups in total. The van der Waals surface area contributed by atoms with Crippen LogP contribution in [0.15, 0.2) is 76.5 Å². The lowest BCUT2D eigenvalue weighted by molar-refractivity contribution is -0.130. The maximum Gasteiger partial charge on any atom is 0.270 e. The number of ether oxygens (including phenoxy) is 1. The Labute approximate surface area is 231 Å². The van der Waals surface area contributed by atoms with E-state index in [1.54, 1.807) is 34.8 Å². The third-order valence-corrected chi connectivity index (χ3v) is 7.31. The zero-order chi connectivity index (χ0) is 26.4. The number of aromatic nitrogens is 3. The number of amides is 2. The molecule has 2 aromatic heterocycles. The lowest BCUT2D eigenvalue weighted by atomic mass is 10.1. The topological polar surface area (TPSA) is 89.7 Å². The molecule has 8 nitrogen and oxygen atoms in total. The molecule has 2 atom stereocenters. The van der Waals surface area contributed by atoms with Gasteiger partial charge in [0.05, 0.1) is 21.8 Å². The number of hydrogen-bond donors (Lipinski definition) is 0. The Bertz CT molecular complexity index is 1690. The minimum Gasteiger partial charge on any atom is -0.341 e. The second kappa shape index (κ2) is 9.90. The predicted octanol–water partition coefficient (Wildman–Crippen LogP) is 3.78. The van der Waals surface area contributed by atoms with Crippen molar-refractivity contribution in [2.45, 2.75) is 25.7 Å². The molecule has 0 bridgehead atoms. The lowest BCUT2D eigenvalue weighted by Crippen LogP contribution is -2.32. The van der Waals surface area contributed by atoms with Crippen molar-refractivity contribution in [3.63, 3.8) is 0 Å². The molecule has 2 amide bonds. The first-order valence-electron chi connectivity index (χ1n) is 12.0. The molecule has 10 heteroatoms. The van der Waals surface area contributed by atoms with Gasteiger partial charge in [-0.05, 0) is 67.4 Å². The maximum atomic E-state index is 13.2. The molecule has 6 rings (SSSR count). The van der Waals surface area contributed by atoms with Gasteiger partial charge in [0.2, 0.25) is 0 Å². The first-order chi connectivity index (χ1) is 18.4. The Balaban J connectivity index is 1.36. The average Bonchev–Trinajstić information content (AvgIpc) is 3.58. The minimum absolute atomic E-state index is 0.0979. The molecule has 38 heavy (non-hydrogen) atoms. The van der Waals surface area contributed by atoms with E-state index in [1.165, 1.54) is 6.08 Å². The first kappa shape index (κ1) is 24.7. The number of fused-ring (bicyclic) bond motifs is 1. The van der Waals surface area contributed by atoms with E-state index >= 15 is 0 Å². The molecule has 0 saturated carbocycles. The van der Waals surface area contributed by atoms with Gasteiger partial charge in [-0.1, -0.05) is 33.6 Å². The molecule has 0 spiro atoms. The van der Waals surface area contributed by atoms with Crippen molar-refractivity contribution in [2.75, 3.05) is 6.54 Å². The van der Waals surface area contributed by atoms with Crippen molar-refractivity contribution < 1.29 is 14.3 Å². The van der Waals surface area contributed by atoms with Gasteiger partial charge in [0.15, 0.2) is 6.23 Å². The third-order valence-electron chi connectivity index (χ3n) is 6.56. The molecule has 4 aromatic rings. The number of carbonyl (C=O) groups excluding carboxylic acids is 2. The summed E-state index contributed by atoms with van der Waals surface area (Å²) in [4.78, 5) is 35.0. The average molecular weight is 591 g/mol. The standard InChI is InChI=1S/C28H21BrClN5O3/c1-16-27(37)34(11-10-17-2-8-23-18(12-17)13-25(36)32-23)28(38-16)22-15-35(21-6-3-19(29)4-7-21)33-26(22)24-9-5-20(30)14-31-24/h2-9,12-16,28H,10-11H2,1H3/t16-,28-/m0/s1. The van der Waals surface area contributed by atoms with Crippen LogP contribution in [0.1, 0.15) is 24.3 Å². The summed E-state index contributed by atoms with van der Waals surface area (Å²) in [5.41, 5.74) is 3.81. The molecule has 0 aliphatic carbocycles. The Kier molecular flexibility index (Phi) is 6.43. The summed E-state index contributed by atoms with van der Waals surface area (Å²) >= 11 is 9.56. The van der Waals surface area contributed by atoms with Crippen LogP contribution in [0.25, 0.3) is 23.2 Å². The second-order valence-corrected chi connectivity index (χ2v) is 10.5. The number of hydrogen-bond acceptors (Lipinski definition) is 5. The number of nitrogens with zero attached hydrogens (tertiary/aromatic N) is 5. The summed E-state index contributed by atoms with van der Waals surface area (Å²) in [6.45, 7) is 2.18. The van der Waals surface area contributed by atoms with Gasteiger partial charge < -0.3 is 9.64 Å². The van der Waals surface area contributed by atoms with Crippen molar-refractivity contribution in [2.24, 2.45) is 4.99 Å². The Hall–Kier alpha value is -3.66. The van der Waals surface area contributed by atoms with Crippen molar-refractivity contribution in [1.29, 1.82) is 0 Å². The smallest absolute Gasteiger partial charge is 0.270 e. The normalized spacial score (nSPS) is 18.4. The van der Waals surface area contributed by atoms with Gasteiger partial charge in [-0.15, -0.1) is 0 Å². The molecule has 190 valence electrons. The Morgan fingerprint density at radius 2 is 1.89 bits per heavy atom. The summed E-state index contributed by atoms with van der Waals surface area (Å²) in [6.07, 6.45) is 4.31. The van der Waals surface area contributed by atoms with Crippen LogP contribution in [-0.2, 0) is 20.7 Å². The predicted molar refractivity (Wildman–Crippen MR) is 145 cm³/mol. The van der Waals surface area contributed by atoms with Gasteiger partial charge in [-0.25, -0.2) is 9.67 Å². The fourth-order valence-electron chi connectivity index (χ4n) is 4.66. The van der Waals surface area contributed by atoms with E-state index in [0.29, 0.717) is 34.7 Å². The number of carbonyl (C=O) groups is 2. The second-order valence-electron chi connectivity index (χ2n) is 9.12. The Morgan fingerprint density at radius 3 is 2.66 bits per heavy atom. The van der Waals surface area contributed by atoms with Crippen LogP contribution in [0.2, 0.25) is 5.02 Å². The van der Waals surface area contributed by atoms with Gasteiger partial charge >= 0.3 is 0 Å². The molecule has 2 aliphatic heterocycles. The zero-order valence-corrected chi connectivity index (χ0v) is 22.6. The maximum absolute atomic E-state index is 13.2. The lowest BCUT2D eigenvalue weighted by Gasteiger charge is -2.23. The molecular formula is C28H21BrClN5O3. The highest BCUT2D eigenvalue weighted by Gasteiger charge is 2.40. The summed E-state index contributed by atoms with van der Waals surface area (Å²) in [5.74, 6) is -0.348. The van der Waals surface area contributed by atoms with E-state index in [2.05, 4.69) is 25.9 Å². The zero-order valence-electron chi connectivity index (χ0n) is 20.2. The van der Waals surface area contributed by atoms with Crippen LogP contribution < -0.4 is 10.6 Å². The molecule has 0 radical (unpaired) electrons. The highest BCUT2D eigenvalue weighted by Crippen LogP contribution is 2.37. The Morgan fingerprint density at radius 1 is 1.08 bits per heavy atom. The van der Waals surface area contributed by atoms with Crippen LogP contribution >= 0.6 is 27.5 Å². The number of pyridine rings is 1. The van der Waals surface area contributed by atoms with E-state index in [-0.39, 0.29) is 11.8 Å². The fraction of sp³-hybridized carbons (Fsp3) is 0.179. The summed E-state index contributed by atoms with van der Waals surface area (Å²) in [6, 6.07) is 17.0. The highest BCUT2D eigenvalue weighted by atomic mass is 79.9. The summed E-state index contributed by atoms with van der Waals surface area (Å²) in [5, 5.41) is 6.83. The molecule has 4 heterocycles. The molecule has 1 saturated heterocycles. The van der Waals surface area contributed by atoms with Crippen molar-refractivity contribution in [3.05, 3.63) is 98.2 Å². The van der Waals surface area contributed by atoms with E-state index in [1.807, 2.05) is 48.7 Å². The SMILES string of the molecule is C[C@@H]1O[C@@H](c2cn(-c3ccc(Br)cc3)nc2-c2ccc(Cl)cn2)N(CCc2ccc3c(c2)=CC(=O)N=3)C1=O. The van der Waals surface area contributed by atoms with E-state index in [9.17, 15) is 9.59 Å². The molecule has 1 fully saturated rings. The van der Waals surface area contributed by atoms with Crippen LogP contribution in [0.5, 0.6) is 0 Å². The van der Waals surface area contributed by atoms with Crippen molar-refractivity contribution >= 4 is 45.4 Å². The van der Waals surface area contributed by atoms with Crippen LogP contribution in [0, 0.1) is 0 Å². The molecule has 2 aromatic carbocycles. The number of rotatable bonds is 6. The highest BCUT2D eigenvalue weighted by molar-refractivity contribution is 9.10. The largest absolute Gasteiger partial charge is 0.341 e. The molecule has 0 unspecified atom stereocenters. The summed E-state index contributed by atoms with van der Waals surface area (Å²) in [7, 11) is 0. The van der Waals surface area contributed by atoms with Crippen LogP contribution in [0.3, 0.4) is 0 Å². The van der Waals surface area contributed by atoms with Crippen LogP contribution in [-0.4, -0.2) is 44.1 Å². The fourth-order valence-corrected chi connectivity index (χ4v) is 5.04. The molecule has 2 aliphatic rings. The van der Waals surface area contributed by atoms with Crippen molar-refractivity contribution in [3.8, 4) is 17.1 Å². The van der Waals surface area contributed by atoms with Gasteiger partial charge in [0.1, 0.15) is 11.8 Å². The number of benzene rings is 2. The van der Waals surface area contributed by atoms with Gasteiger partial charge in [0.25, 0.3) is 11.8 Å². The quantitative estimate of drug-likeness (QED) is 0.341. The number of halogens is 2. The third kappa shape index (κ3) is 4.69. The first-order valence-corrected chi connectivity index (χ1v) is 13.2. The summed E-state index contributed by atoms with van der Waals surface area (Å²) < 4.78 is 8.92. The van der Waals surface area contributed by atoms with Gasteiger partial charge in [-0.3, -0.25) is 14.6 Å². The van der Waals surface area contributed by atoms with E-state index in [0.717, 1.165) is 26.5 Å². The minimum atomic E-state index is -0.647.